The summed E-state index contributed by atoms with van der Waals surface area (Å²) >= 11 is 0. The fourth-order valence-electron chi connectivity index (χ4n) is 3.98. The normalized spacial score (nSPS) is 15.9. The van der Waals surface area contributed by atoms with Crippen molar-refractivity contribution in [3.8, 4) is 11.1 Å². The zero-order chi connectivity index (χ0) is 22.1. The van der Waals surface area contributed by atoms with Crippen LogP contribution in [0.2, 0.25) is 0 Å². The second-order valence-corrected chi connectivity index (χ2v) is 7.95. The largest absolute Gasteiger partial charge is 0.347 e. The highest BCUT2D eigenvalue weighted by Gasteiger charge is 2.34. The van der Waals surface area contributed by atoms with Gasteiger partial charge >= 0.3 is 0 Å². The van der Waals surface area contributed by atoms with Crippen molar-refractivity contribution >= 4 is 11.9 Å². The molecule has 0 bridgehead atoms. The van der Waals surface area contributed by atoms with Gasteiger partial charge in [-0.3, -0.25) is 4.79 Å². The van der Waals surface area contributed by atoms with E-state index in [0.717, 1.165) is 24.1 Å². The summed E-state index contributed by atoms with van der Waals surface area (Å²) < 4.78 is 13.9. The number of aryl methyl sites for hydroxylation is 2. The van der Waals surface area contributed by atoms with Gasteiger partial charge in [0.05, 0.1) is 23.0 Å². The maximum Gasteiger partial charge on any atom is 0.257 e. The average Bonchev–Trinajstić information content (AvgIpc) is 3.22. The number of benzene rings is 1. The summed E-state index contributed by atoms with van der Waals surface area (Å²) in [7, 11) is 3.73. The number of hydrogen-bond donors (Lipinski definition) is 0. The van der Waals surface area contributed by atoms with E-state index in [-0.39, 0.29) is 17.8 Å². The topological polar surface area (TPSA) is 75.1 Å². The first-order valence-electron chi connectivity index (χ1n) is 10.3. The predicted octanol–water partition coefficient (Wildman–Crippen LogP) is 3.73. The summed E-state index contributed by atoms with van der Waals surface area (Å²) in [4.78, 5) is 34.8. The molecule has 31 heavy (non-hydrogen) atoms. The molecule has 0 spiro atoms. The lowest BCUT2D eigenvalue weighted by Crippen LogP contribution is -2.32. The van der Waals surface area contributed by atoms with E-state index in [2.05, 4.69) is 15.0 Å². The number of aromatic nitrogens is 4. The standard InChI is InChI=1S/C23H25FN6O/c1-14-18(12-25-15(2)27-14)22(31)30-10-6-9-20(30)21-19(13-26-23(28-21)29(3)4)16-7-5-8-17(24)11-16/h5,7-8,11-13,20H,6,9-10H2,1-4H3/t20-/m0/s1. The molecule has 1 aliphatic rings. The molecule has 1 aliphatic heterocycles. The molecule has 7 nitrogen and oxygen atoms in total. The highest BCUT2D eigenvalue weighted by Crippen LogP contribution is 2.38. The summed E-state index contributed by atoms with van der Waals surface area (Å²) in [6.07, 6.45) is 4.93. The number of amides is 1. The van der Waals surface area contributed by atoms with E-state index in [1.54, 1.807) is 25.4 Å². The van der Waals surface area contributed by atoms with Crippen LogP contribution >= 0.6 is 0 Å². The SMILES string of the molecule is Cc1ncc(C(=O)N2CCC[C@H]2c2nc(N(C)C)ncc2-c2cccc(F)c2)c(C)n1. The third-order valence-electron chi connectivity index (χ3n) is 5.50. The molecule has 3 aromatic rings. The Balaban J connectivity index is 1.79. The Labute approximate surface area is 181 Å². The van der Waals surface area contributed by atoms with Crippen molar-refractivity contribution in [2.45, 2.75) is 32.7 Å². The third-order valence-corrected chi connectivity index (χ3v) is 5.50. The van der Waals surface area contributed by atoms with Crippen molar-refractivity contribution in [3.05, 3.63) is 65.3 Å². The smallest absolute Gasteiger partial charge is 0.257 e. The van der Waals surface area contributed by atoms with Crippen molar-refractivity contribution in [1.82, 2.24) is 24.8 Å². The third kappa shape index (κ3) is 4.10. The van der Waals surface area contributed by atoms with Crippen LogP contribution in [0.4, 0.5) is 10.3 Å². The van der Waals surface area contributed by atoms with Crippen molar-refractivity contribution in [3.63, 3.8) is 0 Å². The molecule has 0 aliphatic carbocycles. The molecule has 3 heterocycles. The Kier molecular flexibility index (Phi) is 5.63. The Morgan fingerprint density at radius 1 is 1.16 bits per heavy atom. The maximum absolute atomic E-state index is 13.9. The van der Waals surface area contributed by atoms with Crippen LogP contribution in [0.3, 0.4) is 0 Å². The van der Waals surface area contributed by atoms with Crippen molar-refractivity contribution in [1.29, 1.82) is 0 Å². The number of hydrogen-bond acceptors (Lipinski definition) is 6. The highest BCUT2D eigenvalue weighted by atomic mass is 19.1. The molecule has 0 unspecified atom stereocenters. The Bertz CT molecular complexity index is 1130. The van der Waals surface area contributed by atoms with Crippen LogP contribution in [0.25, 0.3) is 11.1 Å². The lowest BCUT2D eigenvalue weighted by molar-refractivity contribution is 0.0731. The minimum atomic E-state index is -0.327. The number of carbonyl (C=O) groups excluding carboxylic acids is 1. The molecule has 8 heteroatoms. The van der Waals surface area contributed by atoms with Gasteiger partial charge in [0.2, 0.25) is 5.95 Å². The zero-order valence-corrected chi connectivity index (χ0v) is 18.1. The summed E-state index contributed by atoms with van der Waals surface area (Å²) in [5.41, 5.74) is 3.29. The Morgan fingerprint density at radius 2 is 1.97 bits per heavy atom. The van der Waals surface area contributed by atoms with E-state index < -0.39 is 0 Å². The van der Waals surface area contributed by atoms with Gasteiger partial charge in [-0.1, -0.05) is 12.1 Å². The molecule has 0 radical (unpaired) electrons. The van der Waals surface area contributed by atoms with E-state index in [0.29, 0.717) is 35.1 Å². The van der Waals surface area contributed by atoms with Crippen LogP contribution in [0.1, 0.15) is 46.5 Å². The minimum absolute atomic E-state index is 0.116. The quantitative estimate of drug-likeness (QED) is 0.640. The molecule has 1 fully saturated rings. The van der Waals surface area contributed by atoms with Crippen molar-refractivity contribution in [2.75, 3.05) is 25.5 Å². The van der Waals surface area contributed by atoms with Crippen LogP contribution in [0.15, 0.2) is 36.7 Å². The highest BCUT2D eigenvalue weighted by molar-refractivity contribution is 5.95. The number of nitrogens with zero attached hydrogens (tertiary/aromatic N) is 6. The summed E-state index contributed by atoms with van der Waals surface area (Å²) in [5, 5.41) is 0. The first-order valence-corrected chi connectivity index (χ1v) is 10.3. The molecule has 1 saturated heterocycles. The Morgan fingerprint density at radius 3 is 2.68 bits per heavy atom. The van der Waals surface area contributed by atoms with Crippen LogP contribution in [-0.2, 0) is 0 Å². The molecule has 0 saturated carbocycles. The maximum atomic E-state index is 13.9. The van der Waals surface area contributed by atoms with E-state index in [9.17, 15) is 9.18 Å². The van der Waals surface area contributed by atoms with Gasteiger partial charge in [-0.15, -0.1) is 0 Å². The average molecular weight is 420 g/mol. The second kappa shape index (κ2) is 8.37. The van der Waals surface area contributed by atoms with Gasteiger partial charge in [-0.2, -0.15) is 0 Å². The van der Waals surface area contributed by atoms with E-state index in [4.69, 9.17) is 4.98 Å². The van der Waals surface area contributed by atoms with E-state index >= 15 is 0 Å². The molecule has 4 rings (SSSR count). The summed E-state index contributed by atoms with van der Waals surface area (Å²) in [6.45, 7) is 4.23. The van der Waals surface area contributed by atoms with Gasteiger partial charge in [0.25, 0.3) is 5.91 Å². The van der Waals surface area contributed by atoms with Crippen LogP contribution in [0, 0.1) is 19.7 Å². The summed E-state index contributed by atoms with van der Waals surface area (Å²) in [6, 6.07) is 6.13. The molecule has 2 aromatic heterocycles. The molecule has 1 amide bonds. The first kappa shape index (κ1) is 20.8. The zero-order valence-electron chi connectivity index (χ0n) is 18.1. The molecular weight excluding hydrogens is 395 g/mol. The van der Waals surface area contributed by atoms with Crippen LogP contribution < -0.4 is 4.90 Å². The number of rotatable bonds is 4. The predicted molar refractivity (Wildman–Crippen MR) is 116 cm³/mol. The van der Waals surface area contributed by atoms with Crippen molar-refractivity contribution in [2.24, 2.45) is 0 Å². The second-order valence-electron chi connectivity index (χ2n) is 7.95. The summed E-state index contributed by atoms with van der Waals surface area (Å²) in [5.74, 6) is 0.735. The van der Waals surface area contributed by atoms with Crippen LogP contribution in [-0.4, -0.2) is 51.4 Å². The fourth-order valence-corrected chi connectivity index (χ4v) is 3.98. The van der Waals surface area contributed by atoms with Gasteiger partial charge < -0.3 is 9.80 Å². The van der Waals surface area contributed by atoms with E-state index in [1.807, 2.05) is 36.9 Å². The molecule has 1 atom stereocenters. The van der Waals surface area contributed by atoms with Crippen molar-refractivity contribution < 1.29 is 9.18 Å². The van der Waals surface area contributed by atoms with Gasteiger partial charge in [0, 0.05) is 38.6 Å². The fraction of sp³-hybridized carbons (Fsp3) is 0.348. The molecule has 1 aromatic carbocycles. The van der Waals surface area contributed by atoms with Gasteiger partial charge in [-0.05, 0) is 44.4 Å². The van der Waals surface area contributed by atoms with Gasteiger partial charge in [-0.25, -0.2) is 24.3 Å². The number of carbonyl (C=O) groups is 1. The number of halogens is 1. The van der Waals surface area contributed by atoms with E-state index in [1.165, 1.54) is 12.1 Å². The number of likely N-dealkylation sites (tertiary alicyclic amines) is 1. The Hall–Kier alpha value is -3.42. The molecule has 0 N–H and O–H groups in total. The number of anilines is 1. The lowest BCUT2D eigenvalue weighted by Gasteiger charge is -2.27. The van der Waals surface area contributed by atoms with Crippen LogP contribution in [0.5, 0.6) is 0 Å². The van der Waals surface area contributed by atoms with Gasteiger partial charge in [0.1, 0.15) is 11.6 Å². The molecule has 160 valence electrons. The monoisotopic (exact) mass is 420 g/mol. The lowest BCUT2D eigenvalue weighted by atomic mass is 9.99. The minimum Gasteiger partial charge on any atom is -0.347 e. The molecular formula is C23H25FN6O. The van der Waals surface area contributed by atoms with Gasteiger partial charge in [0.15, 0.2) is 0 Å². The first-order chi connectivity index (χ1) is 14.8.